The molecule has 1 saturated heterocycles. The molecule has 110 valence electrons. The van der Waals surface area contributed by atoms with Crippen molar-refractivity contribution in [3.05, 3.63) is 35.4 Å². The van der Waals surface area contributed by atoms with E-state index in [0.29, 0.717) is 12.5 Å². The number of benzene rings is 1. The molecule has 0 aliphatic carbocycles. The van der Waals surface area contributed by atoms with E-state index < -0.39 is 0 Å². The Bertz CT molecular complexity index is 455. The average molecular weight is 274 g/mol. The van der Waals surface area contributed by atoms with Gasteiger partial charge in [-0.1, -0.05) is 51.5 Å². The third-order valence-electron chi connectivity index (χ3n) is 4.62. The quantitative estimate of drug-likeness (QED) is 0.894. The lowest BCUT2D eigenvalue weighted by Crippen LogP contribution is -2.41. The molecular weight excluding hydrogens is 248 g/mol. The first kappa shape index (κ1) is 15.0. The van der Waals surface area contributed by atoms with Crippen LogP contribution in [-0.2, 0) is 11.2 Å². The fourth-order valence-electron chi connectivity index (χ4n) is 2.81. The zero-order valence-electron chi connectivity index (χ0n) is 13.0. The molecule has 1 aliphatic rings. The molecule has 3 nitrogen and oxygen atoms in total. The molecule has 0 radical (unpaired) electrons. The molecule has 0 aromatic heterocycles. The van der Waals surface area contributed by atoms with Crippen LogP contribution in [0.4, 0.5) is 0 Å². The fourth-order valence-corrected chi connectivity index (χ4v) is 2.81. The highest BCUT2D eigenvalue weighted by molar-refractivity contribution is 5.81. The maximum absolute atomic E-state index is 12.2. The minimum absolute atomic E-state index is 0.0254. The van der Waals surface area contributed by atoms with E-state index in [0.717, 1.165) is 12.8 Å². The third kappa shape index (κ3) is 2.88. The summed E-state index contributed by atoms with van der Waals surface area (Å²) < 4.78 is 0. The van der Waals surface area contributed by atoms with Crippen LogP contribution < -0.4 is 5.32 Å². The van der Waals surface area contributed by atoms with E-state index in [9.17, 15) is 4.79 Å². The number of hydrogen-bond donors (Lipinski definition) is 1. The van der Waals surface area contributed by atoms with E-state index in [1.165, 1.54) is 11.1 Å². The zero-order chi connectivity index (χ0) is 14.7. The van der Waals surface area contributed by atoms with Crippen molar-refractivity contribution in [3.63, 3.8) is 0 Å². The van der Waals surface area contributed by atoms with E-state index in [-0.39, 0.29) is 18.1 Å². The number of aryl methyl sites for hydroxylation is 1. The van der Waals surface area contributed by atoms with Crippen molar-refractivity contribution in [3.8, 4) is 0 Å². The number of rotatable bonds is 5. The number of amides is 1. The second kappa shape index (κ2) is 6.40. The van der Waals surface area contributed by atoms with Crippen LogP contribution in [0.2, 0.25) is 0 Å². The van der Waals surface area contributed by atoms with E-state index >= 15 is 0 Å². The fraction of sp³-hybridized carbons (Fsp3) is 0.588. The van der Waals surface area contributed by atoms with Crippen molar-refractivity contribution in [2.45, 2.75) is 52.7 Å². The molecule has 1 heterocycles. The number of nitrogens with zero attached hydrogens (tertiary/aromatic N) is 1. The molecule has 0 bridgehead atoms. The van der Waals surface area contributed by atoms with Crippen LogP contribution in [0.1, 0.15) is 51.4 Å². The largest absolute Gasteiger partial charge is 0.319 e. The predicted octanol–water partition coefficient (Wildman–Crippen LogP) is 3.11. The Hall–Kier alpha value is -1.35. The van der Waals surface area contributed by atoms with Crippen LogP contribution in [0, 0.1) is 5.92 Å². The summed E-state index contributed by atoms with van der Waals surface area (Å²) in [5.41, 5.74) is 2.52. The molecule has 1 aromatic rings. The number of carbonyl (C=O) groups is 1. The predicted molar refractivity (Wildman–Crippen MR) is 82.3 cm³/mol. The Balaban J connectivity index is 2.22. The van der Waals surface area contributed by atoms with Crippen molar-refractivity contribution in [1.29, 1.82) is 0 Å². The highest BCUT2D eigenvalue weighted by atomic mass is 16.2. The molecule has 0 saturated carbocycles. The molecule has 1 fully saturated rings. The lowest BCUT2D eigenvalue weighted by molar-refractivity contribution is -0.131. The van der Waals surface area contributed by atoms with Crippen molar-refractivity contribution < 1.29 is 4.79 Å². The van der Waals surface area contributed by atoms with Crippen LogP contribution >= 0.6 is 0 Å². The number of hydrogen-bond acceptors (Lipinski definition) is 2. The smallest absolute Gasteiger partial charge is 0.238 e. The molecule has 2 rings (SSSR count). The first-order valence-electron chi connectivity index (χ1n) is 7.71. The molecule has 1 N–H and O–H groups in total. The topological polar surface area (TPSA) is 32.3 Å². The maximum Gasteiger partial charge on any atom is 0.238 e. The third-order valence-corrected chi connectivity index (χ3v) is 4.62. The SMILES string of the molecule is CCc1ccc(C2NCC(=O)N2C(C)C(C)CC)cc1. The molecule has 20 heavy (non-hydrogen) atoms. The van der Waals surface area contributed by atoms with Gasteiger partial charge in [0.15, 0.2) is 0 Å². The minimum Gasteiger partial charge on any atom is -0.319 e. The zero-order valence-corrected chi connectivity index (χ0v) is 13.0. The van der Waals surface area contributed by atoms with E-state index in [2.05, 4.69) is 57.3 Å². The van der Waals surface area contributed by atoms with Gasteiger partial charge in [0.1, 0.15) is 6.17 Å². The maximum atomic E-state index is 12.2. The van der Waals surface area contributed by atoms with Crippen LogP contribution in [0.3, 0.4) is 0 Å². The highest BCUT2D eigenvalue weighted by Crippen LogP contribution is 2.28. The Morgan fingerprint density at radius 3 is 2.45 bits per heavy atom. The normalized spacial score (nSPS) is 22.1. The summed E-state index contributed by atoms with van der Waals surface area (Å²) in [7, 11) is 0. The molecule has 1 aliphatic heterocycles. The molecule has 3 heteroatoms. The van der Waals surface area contributed by atoms with Gasteiger partial charge in [0.05, 0.1) is 6.54 Å². The van der Waals surface area contributed by atoms with Crippen LogP contribution in [0.15, 0.2) is 24.3 Å². The van der Waals surface area contributed by atoms with Crippen LogP contribution in [-0.4, -0.2) is 23.4 Å². The Morgan fingerprint density at radius 2 is 1.90 bits per heavy atom. The van der Waals surface area contributed by atoms with Gasteiger partial charge in [-0.25, -0.2) is 0 Å². The Morgan fingerprint density at radius 1 is 1.25 bits per heavy atom. The van der Waals surface area contributed by atoms with Crippen molar-refractivity contribution in [2.24, 2.45) is 5.92 Å². The molecule has 3 atom stereocenters. The first-order valence-corrected chi connectivity index (χ1v) is 7.71. The van der Waals surface area contributed by atoms with Crippen LogP contribution in [0.25, 0.3) is 0 Å². The van der Waals surface area contributed by atoms with Gasteiger partial charge in [0, 0.05) is 6.04 Å². The standard InChI is InChI=1S/C17H26N2O/c1-5-12(3)13(4)19-16(20)11-18-17(19)15-9-7-14(6-2)8-10-15/h7-10,12-13,17-18H,5-6,11H2,1-4H3. The van der Waals surface area contributed by atoms with Gasteiger partial charge in [0.2, 0.25) is 5.91 Å². The minimum atomic E-state index is 0.0254. The average Bonchev–Trinajstić information content (AvgIpc) is 2.87. The van der Waals surface area contributed by atoms with Crippen molar-refractivity contribution in [1.82, 2.24) is 10.2 Å². The van der Waals surface area contributed by atoms with Gasteiger partial charge in [-0.05, 0) is 30.4 Å². The van der Waals surface area contributed by atoms with E-state index in [4.69, 9.17) is 0 Å². The van der Waals surface area contributed by atoms with Gasteiger partial charge < -0.3 is 4.90 Å². The number of carbonyl (C=O) groups excluding carboxylic acids is 1. The summed E-state index contributed by atoms with van der Waals surface area (Å²) in [6.45, 7) is 9.16. The van der Waals surface area contributed by atoms with Gasteiger partial charge in [-0.2, -0.15) is 0 Å². The second-order valence-electron chi connectivity index (χ2n) is 5.81. The summed E-state index contributed by atoms with van der Waals surface area (Å²) in [6, 6.07) is 8.87. The lowest BCUT2D eigenvalue weighted by Gasteiger charge is -2.34. The van der Waals surface area contributed by atoms with Gasteiger partial charge >= 0.3 is 0 Å². The Labute approximate surface area is 122 Å². The summed E-state index contributed by atoms with van der Waals surface area (Å²) in [5.74, 6) is 0.721. The summed E-state index contributed by atoms with van der Waals surface area (Å²) in [5, 5.41) is 3.35. The highest BCUT2D eigenvalue weighted by Gasteiger charge is 2.36. The molecule has 0 spiro atoms. The molecule has 1 aromatic carbocycles. The van der Waals surface area contributed by atoms with Gasteiger partial charge in [-0.3, -0.25) is 10.1 Å². The molecular formula is C17H26N2O. The van der Waals surface area contributed by atoms with Gasteiger partial charge in [-0.15, -0.1) is 0 Å². The number of nitrogens with one attached hydrogen (secondary N) is 1. The molecule has 3 unspecified atom stereocenters. The molecule has 1 amide bonds. The van der Waals surface area contributed by atoms with E-state index in [1.54, 1.807) is 0 Å². The second-order valence-corrected chi connectivity index (χ2v) is 5.81. The lowest BCUT2D eigenvalue weighted by atomic mass is 9.98. The monoisotopic (exact) mass is 274 g/mol. The summed E-state index contributed by atoms with van der Waals surface area (Å²) in [4.78, 5) is 14.2. The van der Waals surface area contributed by atoms with Gasteiger partial charge in [0.25, 0.3) is 0 Å². The van der Waals surface area contributed by atoms with Crippen molar-refractivity contribution in [2.75, 3.05) is 6.54 Å². The summed E-state index contributed by atoms with van der Waals surface area (Å²) >= 11 is 0. The summed E-state index contributed by atoms with van der Waals surface area (Å²) in [6.07, 6.45) is 2.16. The Kier molecular flexibility index (Phi) is 4.81. The first-order chi connectivity index (χ1) is 9.58. The van der Waals surface area contributed by atoms with Crippen LogP contribution in [0.5, 0.6) is 0 Å². The van der Waals surface area contributed by atoms with E-state index in [1.807, 2.05) is 4.90 Å². The van der Waals surface area contributed by atoms with Crippen molar-refractivity contribution >= 4 is 5.91 Å².